The topological polar surface area (TPSA) is 61.0 Å². The van der Waals surface area contributed by atoms with Gasteiger partial charge in [0.15, 0.2) is 5.82 Å². The molecule has 0 saturated heterocycles. The van der Waals surface area contributed by atoms with Crippen LogP contribution in [0.4, 0.5) is 5.82 Å². The lowest BCUT2D eigenvalue weighted by atomic mass is 10.3. The standard InChI is InChI=1S/C14H13N3OS2/c1-19-11-5-3-2-4-10(11)18-8-12-16-13(15)9-6-7-20-14(9)17-12/h2-7H,8H2,1H3,(H2,15,16,17). The van der Waals surface area contributed by atoms with E-state index in [0.717, 1.165) is 20.9 Å². The van der Waals surface area contributed by atoms with E-state index in [1.807, 2.05) is 42.0 Å². The summed E-state index contributed by atoms with van der Waals surface area (Å²) >= 11 is 3.20. The molecule has 6 heteroatoms. The Morgan fingerprint density at radius 3 is 2.95 bits per heavy atom. The summed E-state index contributed by atoms with van der Waals surface area (Å²) in [5.41, 5.74) is 5.92. The summed E-state index contributed by atoms with van der Waals surface area (Å²) < 4.78 is 5.80. The van der Waals surface area contributed by atoms with Crippen LogP contribution in [0.5, 0.6) is 5.75 Å². The molecule has 0 saturated carbocycles. The average molecular weight is 303 g/mol. The molecule has 0 atom stereocenters. The Balaban J connectivity index is 1.83. The lowest BCUT2D eigenvalue weighted by Crippen LogP contribution is -2.04. The number of anilines is 1. The third kappa shape index (κ3) is 2.57. The molecular weight excluding hydrogens is 290 g/mol. The predicted molar refractivity (Wildman–Crippen MR) is 84.4 cm³/mol. The van der Waals surface area contributed by atoms with Crippen molar-refractivity contribution >= 4 is 39.1 Å². The summed E-state index contributed by atoms with van der Waals surface area (Å²) in [6, 6.07) is 9.84. The van der Waals surface area contributed by atoms with Crippen molar-refractivity contribution in [1.29, 1.82) is 0 Å². The number of thiophene rings is 1. The minimum Gasteiger partial charge on any atom is -0.484 e. The second kappa shape index (κ2) is 5.68. The highest BCUT2D eigenvalue weighted by atomic mass is 32.2. The van der Waals surface area contributed by atoms with Gasteiger partial charge in [-0.15, -0.1) is 23.1 Å². The SMILES string of the molecule is CSc1ccccc1OCc1nc(N)c2ccsc2n1. The fraction of sp³-hybridized carbons (Fsp3) is 0.143. The molecule has 1 aromatic carbocycles. The van der Waals surface area contributed by atoms with E-state index >= 15 is 0 Å². The Hall–Kier alpha value is -1.79. The van der Waals surface area contributed by atoms with E-state index < -0.39 is 0 Å². The normalized spacial score (nSPS) is 10.8. The van der Waals surface area contributed by atoms with Gasteiger partial charge in [-0.25, -0.2) is 9.97 Å². The van der Waals surface area contributed by atoms with Gasteiger partial charge in [-0.2, -0.15) is 0 Å². The van der Waals surface area contributed by atoms with Crippen molar-refractivity contribution in [2.24, 2.45) is 0 Å². The summed E-state index contributed by atoms with van der Waals surface area (Å²) in [5.74, 6) is 1.95. The van der Waals surface area contributed by atoms with Crippen LogP contribution in [0.2, 0.25) is 0 Å². The number of hydrogen-bond acceptors (Lipinski definition) is 6. The van der Waals surface area contributed by atoms with Gasteiger partial charge in [0.2, 0.25) is 0 Å². The van der Waals surface area contributed by atoms with Gasteiger partial charge in [-0.3, -0.25) is 0 Å². The van der Waals surface area contributed by atoms with Crippen LogP contribution in [-0.4, -0.2) is 16.2 Å². The molecule has 0 spiro atoms. The average Bonchev–Trinajstić information content (AvgIpc) is 2.94. The van der Waals surface area contributed by atoms with Gasteiger partial charge in [-0.05, 0) is 29.8 Å². The maximum absolute atomic E-state index is 5.92. The highest BCUT2D eigenvalue weighted by molar-refractivity contribution is 7.98. The van der Waals surface area contributed by atoms with Gasteiger partial charge >= 0.3 is 0 Å². The molecule has 0 fully saturated rings. The molecule has 102 valence electrons. The molecule has 0 aliphatic heterocycles. The number of rotatable bonds is 4. The first-order valence-corrected chi connectivity index (χ1v) is 8.14. The van der Waals surface area contributed by atoms with Gasteiger partial charge in [0.1, 0.15) is 23.0 Å². The van der Waals surface area contributed by atoms with E-state index in [2.05, 4.69) is 9.97 Å². The van der Waals surface area contributed by atoms with Gasteiger partial charge < -0.3 is 10.5 Å². The number of hydrogen-bond donors (Lipinski definition) is 1. The molecule has 2 N–H and O–H groups in total. The van der Waals surface area contributed by atoms with E-state index in [0.29, 0.717) is 18.2 Å². The first-order valence-electron chi connectivity index (χ1n) is 6.03. The van der Waals surface area contributed by atoms with Crippen LogP contribution in [-0.2, 0) is 6.61 Å². The Morgan fingerprint density at radius 2 is 2.10 bits per heavy atom. The molecule has 2 heterocycles. The smallest absolute Gasteiger partial charge is 0.169 e. The van der Waals surface area contributed by atoms with Crippen molar-refractivity contribution < 1.29 is 4.74 Å². The predicted octanol–water partition coefficient (Wildman–Crippen LogP) is 3.57. The number of thioether (sulfide) groups is 1. The number of nitrogens with zero attached hydrogens (tertiary/aromatic N) is 2. The molecule has 0 bridgehead atoms. The molecule has 0 amide bonds. The molecule has 0 radical (unpaired) electrons. The molecule has 4 nitrogen and oxygen atoms in total. The van der Waals surface area contributed by atoms with Gasteiger partial charge in [0.25, 0.3) is 0 Å². The highest BCUT2D eigenvalue weighted by Crippen LogP contribution is 2.28. The van der Waals surface area contributed by atoms with E-state index in [4.69, 9.17) is 10.5 Å². The largest absolute Gasteiger partial charge is 0.484 e. The third-order valence-electron chi connectivity index (χ3n) is 2.83. The monoisotopic (exact) mass is 303 g/mol. The van der Waals surface area contributed by atoms with Crippen molar-refractivity contribution in [1.82, 2.24) is 9.97 Å². The minimum atomic E-state index is 0.315. The number of para-hydroxylation sites is 1. The molecule has 3 aromatic rings. The number of fused-ring (bicyclic) bond motifs is 1. The minimum absolute atomic E-state index is 0.315. The fourth-order valence-corrected chi connectivity index (χ4v) is 3.20. The number of nitrogens with two attached hydrogens (primary N) is 1. The van der Waals surface area contributed by atoms with Crippen molar-refractivity contribution in [3.8, 4) is 5.75 Å². The van der Waals surface area contributed by atoms with Crippen LogP contribution in [0, 0.1) is 0 Å². The molecule has 2 aromatic heterocycles. The van der Waals surface area contributed by atoms with Crippen LogP contribution in [0.15, 0.2) is 40.6 Å². The third-order valence-corrected chi connectivity index (χ3v) is 4.41. The van der Waals surface area contributed by atoms with Crippen molar-refractivity contribution in [3.63, 3.8) is 0 Å². The van der Waals surface area contributed by atoms with Crippen LogP contribution in [0.3, 0.4) is 0 Å². The quantitative estimate of drug-likeness (QED) is 0.747. The van der Waals surface area contributed by atoms with Gasteiger partial charge in [0.05, 0.1) is 5.39 Å². The van der Waals surface area contributed by atoms with Crippen LogP contribution < -0.4 is 10.5 Å². The van der Waals surface area contributed by atoms with Gasteiger partial charge in [-0.1, -0.05) is 12.1 Å². The Labute approximate surface area is 125 Å². The van der Waals surface area contributed by atoms with Crippen LogP contribution in [0.25, 0.3) is 10.2 Å². The highest BCUT2D eigenvalue weighted by Gasteiger charge is 2.08. The Bertz CT molecular complexity index is 742. The molecule has 20 heavy (non-hydrogen) atoms. The van der Waals surface area contributed by atoms with E-state index in [9.17, 15) is 0 Å². The Kier molecular flexibility index (Phi) is 3.75. The second-order valence-corrected chi connectivity index (χ2v) is 5.85. The second-order valence-electron chi connectivity index (χ2n) is 4.10. The van der Waals surface area contributed by atoms with E-state index in [1.165, 1.54) is 0 Å². The lowest BCUT2D eigenvalue weighted by Gasteiger charge is -2.09. The van der Waals surface area contributed by atoms with E-state index in [1.54, 1.807) is 23.1 Å². The first-order chi connectivity index (χ1) is 9.78. The Morgan fingerprint density at radius 1 is 1.25 bits per heavy atom. The lowest BCUT2D eigenvalue weighted by molar-refractivity contribution is 0.289. The van der Waals surface area contributed by atoms with Crippen LogP contribution in [0.1, 0.15) is 5.82 Å². The zero-order valence-corrected chi connectivity index (χ0v) is 12.5. The number of aromatic nitrogens is 2. The summed E-state index contributed by atoms with van der Waals surface area (Å²) in [5, 5.41) is 2.87. The van der Waals surface area contributed by atoms with Crippen LogP contribution >= 0.6 is 23.1 Å². The fourth-order valence-electron chi connectivity index (χ4n) is 1.87. The number of ether oxygens (including phenoxy) is 1. The summed E-state index contributed by atoms with van der Waals surface area (Å²) in [7, 11) is 0. The number of benzene rings is 1. The zero-order valence-electron chi connectivity index (χ0n) is 10.9. The van der Waals surface area contributed by atoms with E-state index in [-0.39, 0.29) is 0 Å². The maximum Gasteiger partial charge on any atom is 0.169 e. The molecule has 0 unspecified atom stereocenters. The summed E-state index contributed by atoms with van der Waals surface area (Å²) in [6.45, 7) is 0.315. The number of nitrogen functional groups attached to an aromatic ring is 1. The van der Waals surface area contributed by atoms with Crippen molar-refractivity contribution in [2.75, 3.05) is 12.0 Å². The maximum atomic E-state index is 5.92. The summed E-state index contributed by atoms with van der Waals surface area (Å²) in [6.07, 6.45) is 2.02. The van der Waals surface area contributed by atoms with Crippen molar-refractivity contribution in [2.45, 2.75) is 11.5 Å². The molecule has 3 rings (SSSR count). The van der Waals surface area contributed by atoms with Crippen molar-refractivity contribution in [3.05, 3.63) is 41.5 Å². The van der Waals surface area contributed by atoms with Gasteiger partial charge in [0, 0.05) is 4.90 Å². The molecule has 0 aliphatic carbocycles. The molecular formula is C14H13N3OS2. The zero-order chi connectivity index (χ0) is 13.9. The summed E-state index contributed by atoms with van der Waals surface area (Å²) in [4.78, 5) is 10.7. The molecule has 0 aliphatic rings. The first kappa shape index (κ1) is 13.2.